The molecule has 110 valence electrons. The second-order valence-corrected chi connectivity index (χ2v) is 3.69. The van der Waals surface area contributed by atoms with Gasteiger partial charge in [0.05, 0.1) is 0 Å². The molecule has 0 bridgehead atoms. The molecule has 10 heteroatoms. The quantitative estimate of drug-likeness (QED) is 0.486. The number of hydrogen-bond donors (Lipinski definition) is 0. The average molecular weight is 307 g/mol. The van der Waals surface area contributed by atoms with E-state index in [1.807, 2.05) is 0 Å². The standard InChI is InChI=1S/C12H4F3N5O2/c13-8-1-6(2-9(14)11(8)15)12-19-18-10(22-12)5-21-20-7(3-16)4-17/h1-2H,5H2. The van der Waals surface area contributed by atoms with Crippen molar-refractivity contribution in [2.45, 2.75) is 6.61 Å². The zero-order chi connectivity index (χ0) is 16.1. The minimum atomic E-state index is -1.61. The minimum absolute atomic E-state index is 0.126. The van der Waals surface area contributed by atoms with E-state index in [2.05, 4.69) is 20.2 Å². The summed E-state index contributed by atoms with van der Waals surface area (Å²) in [4.78, 5) is 4.62. The van der Waals surface area contributed by atoms with Gasteiger partial charge >= 0.3 is 0 Å². The smallest absolute Gasteiger partial charge is 0.257 e. The first kappa shape index (κ1) is 15.0. The lowest BCUT2D eigenvalue weighted by atomic mass is 10.2. The molecule has 7 nitrogen and oxygen atoms in total. The summed E-state index contributed by atoms with van der Waals surface area (Å²) in [6.45, 7) is -0.369. The van der Waals surface area contributed by atoms with Gasteiger partial charge in [0.2, 0.25) is 5.89 Å². The summed E-state index contributed by atoms with van der Waals surface area (Å²) in [5.74, 6) is -4.80. The zero-order valence-electron chi connectivity index (χ0n) is 10.5. The fourth-order valence-corrected chi connectivity index (χ4v) is 1.33. The molecule has 0 N–H and O–H groups in total. The number of nitrogens with zero attached hydrogens (tertiary/aromatic N) is 5. The highest BCUT2D eigenvalue weighted by molar-refractivity contribution is 6.09. The van der Waals surface area contributed by atoms with E-state index < -0.39 is 23.2 Å². The molecule has 0 saturated heterocycles. The lowest BCUT2D eigenvalue weighted by molar-refractivity contribution is 0.112. The van der Waals surface area contributed by atoms with Crippen LogP contribution in [0.3, 0.4) is 0 Å². The van der Waals surface area contributed by atoms with Gasteiger partial charge in [-0.3, -0.25) is 0 Å². The Bertz CT molecular complexity index is 780. The van der Waals surface area contributed by atoms with Gasteiger partial charge in [-0.15, -0.1) is 10.2 Å². The monoisotopic (exact) mass is 307 g/mol. The van der Waals surface area contributed by atoms with Crippen molar-refractivity contribution in [3.63, 3.8) is 0 Å². The summed E-state index contributed by atoms with van der Waals surface area (Å²) >= 11 is 0. The Hall–Kier alpha value is -3.40. The fraction of sp³-hybridized carbons (Fsp3) is 0.0833. The maximum Gasteiger partial charge on any atom is 0.257 e. The number of nitriles is 2. The van der Waals surface area contributed by atoms with Crippen molar-refractivity contribution >= 4 is 5.71 Å². The van der Waals surface area contributed by atoms with Gasteiger partial charge in [0.25, 0.3) is 11.6 Å². The van der Waals surface area contributed by atoms with E-state index in [0.29, 0.717) is 12.1 Å². The van der Waals surface area contributed by atoms with E-state index in [0.717, 1.165) is 0 Å². The van der Waals surface area contributed by atoms with Gasteiger partial charge < -0.3 is 9.25 Å². The molecule has 0 amide bonds. The first-order chi connectivity index (χ1) is 10.5. The molecule has 0 fully saturated rings. The van der Waals surface area contributed by atoms with Gasteiger partial charge in [-0.25, -0.2) is 13.2 Å². The van der Waals surface area contributed by atoms with Crippen molar-refractivity contribution < 1.29 is 22.4 Å². The van der Waals surface area contributed by atoms with E-state index in [-0.39, 0.29) is 24.0 Å². The van der Waals surface area contributed by atoms with Crippen LogP contribution in [0.2, 0.25) is 0 Å². The first-order valence-corrected chi connectivity index (χ1v) is 5.52. The molecule has 0 atom stereocenters. The molecule has 0 aliphatic heterocycles. The summed E-state index contributed by atoms with van der Waals surface area (Å²) in [5.41, 5.74) is -0.671. The molecule has 1 aromatic heterocycles. The van der Waals surface area contributed by atoms with Gasteiger partial charge in [0.1, 0.15) is 12.1 Å². The van der Waals surface area contributed by atoms with Crippen LogP contribution in [-0.4, -0.2) is 15.9 Å². The van der Waals surface area contributed by atoms with E-state index in [4.69, 9.17) is 14.9 Å². The third-order valence-electron chi connectivity index (χ3n) is 2.25. The number of halogens is 3. The molecule has 0 unspecified atom stereocenters. The lowest BCUT2D eigenvalue weighted by Crippen LogP contribution is -1.93. The Morgan fingerprint density at radius 3 is 2.41 bits per heavy atom. The zero-order valence-corrected chi connectivity index (χ0v) is 10.5. The molecular weight excluding hydrogens is 303 g/mol. The van der Waals surface area contributed by atoms with E-state index >= 15 is 0 Å². The molecule has 0 radical (unpaired) electrons. The predicted octanol–water partition coefficient (Wildman–Crippen LogP) is 2.07. The maximum atomic E-state index is 13.1. The van der Waals surface area contributed by atoms with Crippen LogP contribution in [0.1, 0.15) is 5.89 Å². The van der Waals surface area contributed by atoms with Crippen molar-refractivity contribution in [3.8, 4) is 23.6 Å². The van der Waals surface area contributed by atoms with Gasteiger partial charge in [-0.1, -0.05) is 5.16 Å². The topological polar surface area (TPSA) is 108 Å². The van der Waals surface area contributed by atoms with Crippen LogP contribution in [0.4, 0.5) is 13.2 Å². The molecule has 2 rings (SSSR count). The largest absolute Gasteiger partial charge is 0.417 e. The highest BCUT2D eigenvalue weighted by Gasteiger charge is 2.16. The molecule has 0 saturated carbocycles. The first-order valence-electron chi connectivity index (χ1n) is 5.52. The third kappa shape index (κ3) is 3.19. The summed E-state index contributed by atoms with van der Waals surface area (Å²) in [7, 11) is 0. The van der Waals surface area contributed by atoms with Crippen LogP contribution in [0.5, 0.6) is 0 Å². The molecule has 1 aromatic carbocycles. The van der Waals surface area contributed by atoms with Crippen LogP contribution >= 0.6 is 0 Å². The van der Waals surface area contributed by atoms with Crippen LogP contribution in [0.25, 0.3) is 11.5 Å². The van der Waals surface area contributed by atoms with Gasteiger partial charge in [-0.05, 0) is 12.1 Å². The molecule has 1 heterocycles. The molecular formula is C12H4F3N5O2. The van der Waals surface area contributed by atoms with E-state index in [1.54, 1.807) is 0 Å². The Kier molecular flexibility index (Phi) is 4.34. The Morgan fingerprint density at radius 1 is 1.18 bits per heavy atom. The van der Waals surface area contributed by atoms with Crippen molar-refractivity contribution in [1.82, 2.24) is 10.2 Å². The summed E-state index contributed by atoms with van der Waals surface area (Å²) in [5, 5.41) is 27.0. The fourth-order valence-electron chi connectivity index (χ4n) is 1.33. The minimum Gasteiger partial charge on any atom is -0.417 e. The number of benzene rings is 1. The number of rotatable bonds is 4. The Morgan fingerprint density at radius 2 is 1.82 bits per heavy atom. The second-order valence-electron chi connectivity index (χ2n) is 3.69. The third-order valence-corrected chi connectivity index (χ3v) is 2.25. The lowest BCUT2D eigenvalue weighted by Gasteiger charge is -1.98. The number of hydrogen-bond acceptors (Lipinski definition) is 7. The van der Waals surface area contributed by atoms with Crippen molar-refractivity contribution in [2.75, 3.05) is 0 Å². The molecule has 0 aliphatic rings. The van der Waals surface area contributed by atoms with Crippen molar-refractivity contribution in [1.29, 1.82) is 10.5 Å². The number of aromatic nitrogens is 2. The average Bonchev–Trinajstić information content (AvgIpc) is 2.97. The molecule has 0 spiro atoms. The van der Waals surface area contributed by atoms with Crippen LogP contribution in [0, 0.1) is 40.1 Å². The van der Waals surface area contributed by atoms with Gasteiger partial charge in [-0.2, -0.15) is 10.5 Å². The Labute approximate surface area is 120 Å². The summed E-state index contributed by atoms with van der Waals surface area (Å²) < 4.78 is 44.1. The SMILES string of the molecule is N#CC(C#N)=NOCc1nnc(-c2cc(F)c(F)c(F)c2)o1. The van der Waals surface area contributed by atoms with Crippen molar-refractivity contribution in [3.05, 3.63) is 35.5 Å². The second kappa shape index (κ2) is 6.37. The van der Waals surface area contributed by atoms with Crippen LogP contribution in [0.15, 0.2) is 21.7 Å². The van der Waals surface area contributed by atoms with E-state index in [1.165, 1.54) is 12.1 Å². The van der Waals surface area contributed by atoms with E-state index in [9.17, 15) is 13.2 Å². The van der Waals surface area contributed by atoms with Crippen LogP contribution < -0.4 is 0 Å². The molecule has 2 aromatic rings. The maximum absolute atomic E-state index is 13.1. The van der Waals surface area contributed by atoms with Gasteiger partial charge in [0.15, 0.2) is 24.1 Å². The Balaban J connectivity index is 2.14. The van der Waals surface area contributed by atoms with Gasteiger partial charge in [0, 0.05) is 5.56 Å². The number of oxime groups is 1. The predicted molar refractivity (Wildman–Crippen MR) is 63.1 cm³/mol. The summed E-state index contributed by atoms with van der Waals surface area (Å²) in [6.07, 6.45) is 0. The molecule has 22 heavy (non-hydrogen) atoms. The highest BCUT2D eigenvalue weighted by atomic mass is 19.2. The van der Waals surface area contributed by atoms with Crippen molar-refractivity contribution in [2.24, 2.45) is 5.16 Å². The molecule has 0 aliphatic carbocycles. The summed E-state index contributed by atoms with van der Waals surface area (Å²) in [6, 6.07) is 4.32. The van der Waals surface area contributed by atoms with Crippen LogP contribution in [-0.2, 0) is 11.4 Å². The highest BCUT2D eigenvalue weighted by Crippen LogP contribution is 2.22. The normalized spacial score (nSPS) is 9.68.